The second-order valence-electron chi connectivity index (χ2n) is 11.2. The predicted molar refractivity (Wildman–Crippen MR) is 138 cm³/mol. The van der Waals surface area contributed by atoms with Crippen LogP contribution in [0, 0.1) is 11.8 Å². The highest BCUT2D eigenvalue weighted by atomic mass is 32.2. The molecule has 0 aromatic carbocycles. The van der Waals surface area contributed by atoms with E-state index in [2.05, 4.69) is 16.0 Å². The second kappa shape index (κ2) is 10.5. The van der Waals surface area contributed by atoms with Gasteiger partial charge in [-0.2, -0.15) is 0 Å². The highest BCUT2D eigenvalue weighted by molar-refractivity contribution is 8.03. The quantitative estimate of drug-likeness (QED) is 0.257. The number of carboxylic acids is 1. The molecule has 12 heteroatoms. The van der Waals surface area contributed by atoms with Crippen LogP contribution in [0.15, 0.2) is 10.6 Å². The van der Waals surface area contributed by atoms with E-state index in [0.717, 1.165) is 25.8 Å². The number of carbonyl (C=O) groups excluding carboxylic acids is 3. The molecular formula is C25H38N6O5S. The first-order chi connectivity index (χ1) is 17.7. The molecule has 4 fully saturated rings. The average molecular weight is 535 g/mol. The Morgan fingerprint density at radius 1 is 1.27 bits per heavy atom. The monoisotopic (exact) mass is 534 g/mol. The lowest BCUT2D eigenvalue weighted by atomic mass is 9.78. The van der Waals surface area contributed by atoms with Crippen molar-refractivity contribution in [2.45, 2.75) is 81.4 Å². The van der Waals surface area contributed by atoms with Crippen LogP contribution in [0.4, 0.5) is 0 Å². The summed E-state index contributed by atoms with van der Waals surface area (Å²) in [5.74, 6) is -2.02. The summed E-state index contributed by atoms with van der Waals surface area (Å²) in [6, 6.07) is -0.776. The van der Waals surface area contributed by atoms with Gasteiger partial charge >= 0.3 is 5.97 Å². The van der Waals surface area contributed by atoms with Gasteiger partial charge in [-0.05, 0) is 39.2 Å². The Hall–Kier alpha value is -2.15. The minimum atomic E-state index is -1.11. The number of carboxylic acid groups (broad SMARTS) is 1. The van der Waals surface area contributed by atoms with E-state index in [1.807, 2.05) is 18.7 Å². The van der Waals surface area contributed by atoms with Crippen LogP contribution in [-0.2, 0) is 19.2 Å². The van der Waals surface area contributed by atoms with Gasteiger partial charge in [-0.15, -0.1) is 11.8 Å². The van der Waals surface area contributed by atoms with Crippen molar-refractivity contribution in [1.29, 1.82) is 0 Å². The number of likely N-dealkylation sites (tertiary alicyclic amines) is 1. The number of hydrogen-bond donors (Lipinski definition) is 5. The Labute approximate surface area is 221 Å². The van der Waals surface area contributed by atoms with Gasteiger partial charge in [0.25, 0.3) is 0 Å². The lowest BCUT2D eigenvalue weighted by Gasteiger charge is -2.47. The van der Waals surface area contributed by atoms with Gasteiger partial charge in [0.05, 0.1) is 18.0 Å². The maximum atomic E-state index is 13.2. The SMILES string of the molecule is C[C@@H](NC(=O)C[C@@H]1CCCN1)[C@H]1C(=O)N2C(C(=O)O)=C(S[C@@H]3CN[C@H](C(=O)N4CC[C@@H](N)C4)C3)[C@H](C)[C@H]12. The molecule has 3 amide bonds. The Bertz CT molecular complexity index is 1000. The standard InChI is InChI=1S/C25H38N6O5S/c1-12-20-19(13(2)29-18(32)8-15-4-3-6-27-15)24(34)31(20)21(25(35)36)22(12)37-16-9-17(28-10-16)23(33)30-7-5-14(26)11-30/h12-17,19-20,27-28H,3-11,26H2,1-2H3,(H,29,32)(H,35,36)/t12-,13-,14-,15+,16+,17+,19-,20-/m1/s1. The Kier molecular flexibility index (Phi) is 7.54. The van der Waals surface area contributed by atoms with Crippen molar-refractivity contribution in [2.24, 2.45) is 17.6 Å². The predicted octanol–water partition coefficient (Wildman–Crippen LogP) is -0.571. The smallest absolute Gasteiger partial charge is 0.353 e. The van der Waals surface area contributed by atoms with Crippen LogP contribution in [0.25, 0.3) is 0 Å². The molecule has 0 spiro atoms. The molecule has 5 aliphatic rings. The van der Waals surface area contributed by atoms with Crippen molar-refractivity contribution in [2.75, 3.05) is 26.2 Å². The molecule has 0 radical (unpaired) electrons. The van der Waals surface area contributed by atoms with Crippen molar-refractivity contribution < 1.29 is 24.3 Å². The van der Waals surface area contributed by atoms with Crippen LogP contribution in [0.3, 0.4) is 0 Å². The van der Waals surface area contributed by atoms with Gasteiger partial charge in [0.15, 0.2) is 0 Å². The lowest BCUT2D eigenvalue weighted by Crippen LogP contribution is -2.66. The molecule has 0 unspecified atom stereocenters. The maximum absolute atomic E-state index is 13.2. The number of rotatable bonds is 8. The van der Waals surface area contributed by atoms with E-state index >= 15 is 0 Å². The number of nitrogens with zero attached hydrogens (tertiary/aromatic N) is 2. The third-order valence-electron chi connectivity index (χ3n) is 8.53. The number of thioether (sulfide) groups is 1. The molecule has 8 atom stereocenters. The van der Waals surface area contributed by atoms with E-state index in [1.54, 1.807) is 0 Å². The van der Waals surface area contributed by atoms with Gasteiger partial charge < -0.3 is 36.6 Å². The van der Waals surface area contributed by atoms with Crippen LogP contribution in [0.1, 0.15) is 46.0 Å². The van der Waals surface area contributed by atoms with Crippen molar-refractivity contribution in [3.63, 3.8) is 0 Å². The maximum Gasteiger partial charge on any atom is 0.353 e. The van der Waals surface area contributed by atoms with Gasteiger partial charge in [-0.3, -0.25) is 14.4 Å². The number of hydrogen-bond acceptors (Lipinski definition) is 8. The second-order valence-corrected chi connectivity index (χ2v) is 12.5. The third kappa shape index (κ3) is 5.00. The lowest BCUT2D eigenvalue weighted by molar-refractivity contribution is -0.158. The molecule has 0 aromatic heterocycles. The fourth-order valence-corrected chi connectivity index (χ4v) is 8.10. The van der Waals surface area contributed by atoms with Gasteiger partial charge in [0.2, 0.25) is 17.7 Å². The van der Waals surface area contributed by atoms with Crippen LogP contribution in [-0.4, -0.2) is 100 Å². The van der Waals surface area contributed by atoms with Crippen molar-refractivity contribution in [3.8, 4) is 0 Å². The molecule has 4 saturated heterocycles. The third-order valence-corrected chi connectivity index (χ3v) is 10.0. The zero-order valence-corrected chi connectivity index (χ0v) is 22.3. The molecule has 37 heavy (non-hydrogen) atoms. The number of fused-ring (bicyclic) bond motifs is 1. The molecule has 5 aliphatic heterocycles. The average Bonchev–Trinajstić information content (AvgIpc) is 3.63. The summed E-state index contributed by atoms with van der Waals surface area (Å²) >= 11 is 1.47. The fourth-order valence-electron chi connectivity index (χ4n) is 6.62. The minimum absolute atomic E-state index is 0.0275. The summed E-state index contributed by atoms with van der Waals surface area (Å²) in [5.41, 5.74) is 6.01. The molecule has 5 heterocycles. The first-order valence-corrected chi connectivity index (χ1v) is 14.3. The van der Waals surface area contributed by atoms with E-state index in [1.165, 1.54) is 16.7 Å². The highest BCUT2D eigenvalue weighted by Crippen LogP contribution is 2.51. The Balaban J connectivity index is 1.22. The normalized spacial score (nSPS) is 36.1. The summed E-state index contributed by atoms with van der Waals surface area (Å²) in [7, 11) is 0. The van der Waals surface area contributed by atoms with Gasteiger partial charge in [-0.25, -0.2) is 4.79 Å². The van der Waals surface area contributed by atoms with E-state index in [4.69, 9.17) is 5.73 Å². The van der Waals surface area contributed by atoms with E-state index in [0.29, 0.717) is 37.4 Å². The van der Waals surface area contributed by atoms with Crippen LogP contribution in [0.2, 0.25) is 0 Å². The van der Waals surface area contributed by atoms with E-state index in [9.17, 15) is 24.3 Å². The molecule has 0 bridgehead atoms. The van der Waals surface area contributed by atoms with Gasteiger partial charge in [-0.1, -0.05) is 6.92 Å². The molecular weight excluding hydrogens is 496 g/mol. The van der Waals surface area contributed by atoms with Gasteiger partial charge in [0.1, 0.15) is 5.70 Å². The molecule has 204 valence electrons. The fraction of sp³-hybridized carbons (Fsp3) is 0.760. The van der Waals surface area contributed by atoms with Crippen LogP contribution in [0.5, 0.6) is 0 Å². The number of nitrogens with one attached hydrogen (secondary N) is 3. The van der Waals surface area contributed by atoms with Crippen LogP contribution < -0.4 is 21.7 Å². The van der Waals surface area contributed by atoms with Crippen molar-refractivity contribution in [1.82, 2.24) is 25.8 Å². The topological polar surface area (TPSA) is 157 Å². The first kappa shape index (κ1) is 26.5. The van der Waals surface area contributed by atoms with Crippen molar-refractivity contribution in [3.05, 3.63) is 10.6 Å². The van der Waals surface area contributed by atoms with Gasteiger partial charge in [0, 0.05) is 60.3 Å². The number of β-lactam (4-membered cyclic amide) rings is 1. The number of amides is 3. The Morgan fingerprint density at radius 2 is 2.05 bits per heavy atom. The molecule has 0 saturated carbocycles. The summed E-state index contributed by atoms with van der Waals surface area (Å²) in [6.45, 7) is 6.56. The summed E-state index contributed by atoms with van der Waals surface area (Å²) in [6.07, 6.45) is 3.82. The van der Waals surface area contributed by atoms with E-state index in [-0.39, 0.29) is 64.8 Å². The molecule has 11 nitrogen and oxygen atoms in total. The number of aliphatic carboxylic acids is 1. The highest BCUT2D eigenvalue weighted by Gasteiger charge is 2.60. The molecule has 0 aliphatic carbocycles. The zero-order valence-electron chi connectivity index (χ0n) is 21.4. The zero-order chi connectivity index (χ0) is 26.4. The number of nitrogens with two attached hydrogens (primary N) is 1. The summed E-state index contributed by atoms with van der Waals surface area (Å²) in [4.78, 5) is 54.8. The summed E-state index contributed by atoms with van der Waals surface area (Å²) < 4.78 is 0. The molecule has 6 N–H and O–H groups in total. The largest absolute Gasteiger partial charge is 0.477 e. The summed E-state index contributed by atoms with van der Waals surface area (Å²) in [5, 5.41) is 19.7. The van der Waals surface area contributed by atoms with E-state index < -0.39 is 11.9 Å². The minimum Gasteiger partial charge on any atom is -0.477 e. The number of carbonyl (C=O) groups is 4. The first-order valence-electron chi connectivity index (χ1n) is 13.4. The molecule has 5 rings (SSSR count). The molecule has 0 aromatic rings. The Morgan fingerprint density at radius 3 is 2.70 bits per heavy atom. The van der Waals surface area contributed by atoms with Crippen molar-refractivity contribution >= 4 is 35.5 Å². The van der Waals surface area contributed by atoms with Crippen LogP contribution >= 0.6 is 11.8 Å².